The Morgan fingerprint density at radius 3 is 1.67 bits per heavy atom. The highest BCUT2D eigenvalue weighted by molar-refractivity contribution is 5.86. The minimum Gasteiger partial charge on any atom is -0.466 e. The Morgan fingerprint density at radius 2 is 1.67 bits per heavy atom. The van der Waals surface area contributed by atoms with Crippen LogP contribution in [0.15, 0.2) is 24.3 Å². The summed E-state index contributed by atoms with van der Waals surface area (Å²) in [7, 11) is 1.33. The third-order valence-electron chi connectivity index (χ3n) is 0.735. The first-order valence-electron chi connectivity index (χ1n) is 3.30. The monoisotopic (exact) mass is 170 g/mol. The molecule has 0 aromatic carbocycles. The van der Waals surface area contributed by atoms with E-state index in [0.29, 0.717) is 11.1 Å². The molecule has 0 atom stereocenters. The van der Waals surface area contributed by atoms with E-state index in [1.165, 1.54) is 7.11 Å². The Balaban J connectivity index is 0. The molecule has 0 rings (SSSR count). The van der Waals surface area contributed by atoms with Crippen molar-refractivity contribution in [2.24, 2.45) is 0 Å². The van der Waals surface area contributed by atoms with Crippen molar-refractivity contribution in [2.75, 3.05) is 7.11 Å². The van der Waals surface area contributed by atoms with Gasteiger partial charge in [-0.15, -0.1) is 0 Å². The first-order chi connectivity index (χ1) is 5.45. The van der Waals surface area contributed by atoms with Crippen molar-refractivity contribution in [1.82, 2.24) is 0 Å². The van der Waals surface area contributed by atoms with Crippen LogP contribution >= 0.6 is 0 Å². The number of aldehydes is 1. The van der Waals surface area contributed by atoms with E-state index in [9.17, 15) is 9.59 Å². The lowest BCUT2D eigenvalue weighted by Gasteiger charge is -1.91. The molecular weight excluding hydrogens is 156 g/mol. The first kappa shape index (κ1) is 13.2. The molecule has 0 fully saturated rings. The summed E-state index contributed by atoms with van der Waals surface area (Å²) < 4.78 is 4.27. The lowest BCUT2D eigenvalue weighted by molar-refractivity contribution is -0.136. The van der Waals surface area contributed by atoms with Gasteiger partial charge in [-0.2, -0.15) is 0 Å². The second-order valence-electron chi connectivity index (χ2n) is 2.24. The number of allylic oxidation sites excluding steroid dienone is 1. The number of esters is 1. The van der Waals surface area contributed by atoms with Gasteiger partial charge in [0.15, 0.2) is 0 Å². The van der Waals surface area contributed by atoms with E-state index in [0.717, 1.165) is 6.29 Å². The number of hydrogen-bond donors (Lipinski definition) is 0. The number of methoxy groups -OCH3 is 1. The highest BCUT2D eigenvalue weighted by Crippen LogP contribution is 1.87. The maximum Gasteiger partial charge on any atom is 0.332 e. The molecule has 0 aliphatic carbocycles. The molecule has 0 unspecified atom stereocenters. The first-order valence-corrected chi connectivity index (χ1v) is 3.30. The maximum absolute atomic E-state index is 10.2. The minimum absolute atomic E-state index is 0.347. The largest absolute Gasteiger partial charge is 0.466 e. The molecule has 0 aliphatic heterocycles. The predicted octanol–water partition coefficient (Wildman–Crippen LogP) is 1.50. The van der Waals surface area contributed by atoms with Gasteiger partial charge in [0.05, 0.1) is 7.11 Å². The van der Waals surface area contributed by atoms with Gasteiger partial charge in [0.2, 0.25) is 0 Å². The molecule has 0 amide bonds. The van der Waals surface area contributed by atoms with Crippen LogP contribution in [0.3, 0.4) is 0 Å². The average molecular weight is 170 g/mol. The molecule has 0 saturated heterocycles. The van der Waals surface area contributed by atoms with Crippen LogP contribution in [0.5, 0.6) is 0 Å². The molecule has 0 bridgehead atoms. The fourth-order valence-corrected chi connectivity index (χ4v) is 0.174. The van der Waals surface area contributed by atoms with Crippen molar-refractivity contribution in [3.05, 3.63) is 24.3 Å². The molecule has 0 N–H and O–H groups in total. The van der Waals surface area contributed by atoms with Gasteiger partial charge in [0.25, 0.3) is 0 Å². The normalized spacial score (nSPS) is 7.25. The summed E-state index contributed by atoms with van der Waals surface area (Å²) in [6.45, 7) is 9.92. The van der Waals surface area contributed by atoms with Gasteiger partial charge in [-0.3, -0.25) is 4.79 Å². The third-order valence-corrected chi connectivity index (χ3v) is 0.735. The van der Waals surface area contributed by atoms with Crippen LogP contribution in [-0.2, 0) is 14.3 Å². The molecule has 68 valence electrons. The Hall–Kier alpha value is -1.38. The van der Waals surface area contributed by atoms with Gasteiger partial charge in [-0.1, -0.05) is 13.2 Å². The zero-order chi connectivity index (χ0) is 10.1. The van der Waals surface area contributed by atoms with Crippen LogP contribution in [0.4, 0.5) is 0 Å². The number of hydrogen-bond acceptors (Lipinski definition) is 3. The van der Waals surface area contributed by atoms with Gasteiger partial charge >= 0.3 is 5.97 Å². The van der Waals surface area contributed by atoms with Gasteiger partial charge in [-0.25, -0.2) is 4.79 Å². The van der Waals surface area contributed by atoms with Crippen LogP contribution in [0.25, 0.3) is 0 Å². The van der Waals surface area contributed by atoms with Crippen LogP contribution in [0.2, 0.25) is 0 Å². The third kappa shape index (κ3) is 11.4. The van der Waals surface area contributed by atoms with Gasteiger partial charge in [-0.05, 0) is 19.4 Å². The number of carbonyl (C=O) groups excluding carboxylic acids is 2. The van der Waals surface area contributed by atoms with E-state index in [2.05, 4.69) is 17.9 Å². The average Bonchev–Trinajstić information content (AvgIpc) is 2.04. The van der Waals surface area contributed by atoms with Crippen LogP contribution in [0.1, 0.15) is 13.8 Å². The van der Waals surface area contributed by atoms with E-state index < -0.39 is 0 Å². The van der Waals surface area contributed by atoms with E-state index in [-0.39, 0.29) is 5.97 Å². The molecule has 0 saturated carbocycles. The zero-order valence-corrected chi connectivity index (χ0v) is 7.72. The lowest BCUT2D eigenvalue weighted by Crippen LogP contribution is -1.98. The number of ether oxygens (including phenoxy) is 1. The van der Waals surface area contributed by atoms with Crippen LogP contribution < -0.4 is 0 Å². The van der Waals surface area contributed by atoms with E-state index in [1.807, 2.05) is 0 Å². The van der Waals surface area contributed by atoms with E-state index >= 15 is 0 Å². The minimum atomic E-state index is -0.347. The van der Waals surface area contributed by atoms with Crippen molar-refractivity contribution in [1.29, 1.82) is 0 Å². The summed E-state index contributed by atoms with van der Waals surface area (Å²) >= 11 is 0. The van der Waals surface area contributed by atoms with Crippen molar-refractivity contribution >= 4 is 12.3 Å². The summed E-state index contributed by atoms with van der Waals surface area (Å²) in [4.78, 5) is 19.6. The lowest BCUT2D eigenvalue weighted by atomic mass is 10.4. The highest BCUT2D eigenvalue weighted by atomic mass is 16.5. The molecule has 0 spiro atoms. The topological polar surface area (TPSA) is 43.4 Å². The van der Waals surface area contributed by atoms with Crippen molar-refractivity contribution in [3.8, 4) is 0 Å². The smallest absolute Gasteiger partial charge is 0.332 e. The summed E-state index contributed by atoms with van der Waals surface area (Å²) in [6, 6.07) is 0. The molecular formula is C9H14O3. The molecule has 3 nitrogen and oxygen atoms in total. The standard InChI is InChI=1S/C5H8O2.C4H6O/c1-4(2)5(6)7-3;1-4(2)3-5/h1H2,2-3H3;3H,1H2,2H3. The zero-order valence-electron chi connectivity index (χ0n) is 7.72. The number of rotatable bonds is 2. The summed E-state index contributed by atoms with van der Waals surface area (Å²) in [5.74, 6) is -0.347. The molecule has 0 radical (unpaired) electrons. The van der Waals surface area contributed by atoms with Gasteiger partial charge in [0.1, 0.15) is 6.29 Å². The predicted molar refractivity (Wildman–Crippen MR) is 47.7 cm³/mol. The Kier molecular flexibility index (Phi) is 8.51. The van der Waals surface area contributed by atoms with Crippen LogP contribution in [-0.4, -0.2) is 19.4 Å². The quantitative estimate of drug-likeness (QED) is 0.358. The molecule has 0 aliphatic rings. The molecule has 0 heterocycles. The Bertz CT molecular complexity index is 192. The van der Waals surface area contributed by atoms with Gasteiger partial charge in [0, 0.05) is 5.57 Å². The molecule has 3 heteroatoms. The maximum atomic E-state index is 10.2. The number of carbonyl (C=O) groups is 2. The Morgan fingerprint density at radius 1 is 1.33 bits per heavy atom. The van der Waals surface area contributed by atoms with Crippen molar-refractivity contribution < 1.29 is 14.3 Å². The molecule has 12 heavy (non-hydrogen) atoms. The summed E-state index contributed by atoms with van der Waals surface area (Å²) in [5, 5.41) is 0. The Labute approximate surface area is 72.7 Å². The molecule has 0 aromatic heterocycles. The second kappa shape index (κ2) is 7.72. The van der Waals surface area contributed by atoms with Gasteiger partial charge < -0.3 is 4.74 Å². The fraction of sp³-hybridized carbons (Fsp3) is 0.333. The second-order valence-corrected chi connectivity index (χ2v) is 2.24. The molecule has 0 aromatic rings. The fourth-order valence-electron chi connectivity index (χ4n) is 0.174. The van der Waals surface area contributed by atoms with Crippen LogP contribution in [0, 0.1) is 0 Å². The SMILES string of the molecule is C=C(C)C(=O)OC.C=C(C)C=O. The van der Waals surface area contributed by atoms with Crippen molar-refractivity contribution in [2.45, 2.75) is 13.8 Å². The summed E-state index contributed by atoms with van der Waals surface area (Å²) in [6.07, 6.45) is 0.722. The van der Waals surface area contributed by atoms with Crippen molar-refractivity contribution in [3.63, 3.8) is 0 Å². The summed E-state index contributed by atoms with van der Waals surface area (Å²) in [5.41, 5.74) is 1.01. The van der Waals surface area contributed by atoms with E-state index in [4.69, 9.17) is 0 Å². The highest BCUT2D eigenvalue weighted by Gasteiger charge is 1.95. The van der Waals surface area contributed by atoms with E-state index in [1.54, 1.807) is 13.8 Å².